The minimum atomic E-state index is -0.340. The maximum atomic E-state index is 11.5. The summed E-state index contributed by atoms with van der Waals surface area (Å²) in [4.78, 5) is 15.0. The first-order chi connectivity index (χ1) is 11.3. The van der Waals surface area contributed by atoms with Crippen LogP contribution < -0.4 is 10.3 Å². The number of hydrogen-bond acceptors (Lipinski definition) is 6. The fraction of sp³-hybridized carbons (Fsp3) is 0. The molecule has 3 rings (SSSR count). The number of rotatable bonds is 5. The predicted molar refractivity (Wildman–Crippen MR) is 93.5 cm³/mol. The maximum absolute atomic E-state index is 11.5. The van der Waals surface area contributed by atoms with Crippen LogP contribution in [-0.2, 0) is 0 Å². The zero-order valence-electron chi connectivity index (χ0n) is 12.0. The van der Waals surface area contributed by atoms with Gasteiger partial charge in [0.25, 0.3) is 5.95 Å². The van der Waals surface area contributed by atoms with E-state index >= 15 is 0 Å². The van der Waals surface area contributed by atoms with E-state index in [4.69, 9.17) is 0 Å². The molecule has 0 radical (unpaired) electrons. The molecule has 0 aliphatic rings. The van der Waals surface area contributed by atoms with Gasteiger partial charge >= 0.3 is 4.87 Å². The van der Waals surface area contributed by atoms with E-state index in [1.807, 2.05) is 60.7 Å². The Bertz CT molecular complexity index is 868. The third-order valence-corrected chi connectivity index (χ3v) is 3.52. The molecule has 0 saturated heterocycles. The Morgan fingerprint density at radius 2 is 1.57 bits per heavy atom. The molecule has 0 unspecified atom stereocenters. The van der Waals surface area contributed by atoms with E-state index in [1.54, 1.807) is 12.4 Å². The number of hydrogen-bond donors (Lipinski definition) is 1. The fourth-order valence-corrected chi connectivity index (χ4v) is 2.31. The third-order valence-electron chi connectivity index (χ3n) is 2.83. The third kappa shape index (κ3) is 4.21. The van der Waals surface area contributed by atoms with E-state index in [0.29, 0.717) is 0 Å². The molecule has 0 amide bonds. The molecular weight excluding hydrogens is 310 g/mol. The van der Waals surface area contributed by atoms with E-state index in [0.717, 1.165) is 22.7 Å². The first-order valence-corrected chi connectivity index (χ1v) is 7.62. The summed E-state index contributed by atoms with van der Waals surface area (Å²) in [6, 6.07) is 19.2. The van der Waals surface area contributed by atoms with E-state index < -0.39 is 0 Å². The molecule has 114 valence electrons. The van der Waals surface area contributed by atoms with Crippen LogP contribution in [0, 0.1) is 0 Å². The maximum Gasteiger partial charge on any atom is 0.347 e. The first kappa shape index (κ1) is 14.9. The molecular formula is C16H13N5OS. The molecule has 2 aromatic carbocycles. The SMILES string of the molecule is O=c1nc(N/N=C/c2ccccc2)n(/N=C/c2ccccc2)s1. The van der Waals surface area contributed by atoms with Gasteiger partial charge in [0.05, 0.1) is 12.4 Å². The lowest BCUT2D eigenvalue weighted by atomic mass is 10.2. The van der Waals surface area contributed by atoms with Gasteiger partial charge in [-0.2, -0.15) is 15.2 Å². The quantitative estimate of drug-likeness (QED) is 0.579. The summed E-state index contributed by atoms with van der Waals surface area (Å²) in [5, 5.41) is 8.31. The van der Waals surface area contributed by atoms with Gasteiger partial charge in [-0.05, 0) is 11.1 Å². The summed E-state index contributed by atoms with van der Waals surface area (Å²) in [5.41, 5.74) is 4.61. The van der Waals surface area contributed by atoms with Crippen LogP contribution in [0.5, 0.6) is 0 Å². The van der Waals surface area contributed by atoms with Crippen molar-refractivity contribution < 1.29 is 0 Å². The second-order valence-corrected chi connectivity index (χ2v) is 5.38. The second kappa shape index (κ2) is 7.28. The smallest absolute Gasteiger partial charge is 0.253 e. The average Bonchev–Trinajstić information content (AvgIpc) is 2.95. The monoisotopic (exact) mass is 323 g/mol. The Kier molecular flexibility index (Phi) is 4.70. The minimum Gasteiger partial charge on any atom is -0.253 e. The molecule has 0 aliphatic heterocycles. The van der Waals surface area contributed by atoms with Crippen molar-refractivity contribution in [3.05, 3.63) is 81.5 Å². The van der Waals surface area contributed by atoms with Crippen LogP contribution in [-0.4, -0.2) is 21.5 Å². The second-order valence-electron chi connectivity index (χ2n) is 4.50. The van der Waals surface area contributed by atoms with E-state index in [9.17, 15) is 4.79 Å². The van der Waals surface area contributed by atoms with Gasteiger partial charge in [0.15, 0.2) is 0 Å². The topological polar surface area (TPSA) is 71.6 Å². The van der Waals surface area contributed by atoms with Gasteiger partial charge in [-0.25, -0.2) is 5.43 Å². The van der Waals surface area contributed by atoms with Crippen molar-refractivity contribution in [1.29, 1.82) is 0 Å². The first-order valence-electron chi connectivity index (χ1n) is 6.85. The van der Waals surface area contributed by atoms with Crippen molar-refractivity contribution in [3.8, 4) is 0 Å². The highest BCUT2D eigenvalue weighted by molar-refractivity contribution is 7.03. The lowest BCUT2D eigenvalue weighted by Crippen LogP contribution is -1.99. The summed E-state index contributed by atoms with van der Waals surface area (Å²) in [5.74, 6) is 0.277. The van der Waals surface area contributed by atoms with E-state index in [2.05, 4.69) is 20.6 Å². The molecule has 0 spiro atoms. The normalized spacial score (nSPS) is 11.3. The van der Waals surface area contributed by atoms with E-state index in [1.165, 1.54) is 4.07 Å². The Hall–Kier alpha value is -3.06. The Balaban J connectivity index is 1.74. The van der Waals surface area contributed by atoms with Gasteiger partial charge in [-0.3, -0.25) is 4.79 Å². The molecule has 7 heteroatoms. The molecule has 0 saturated carbocycles. The molecule has 0 fully saturated rings. The molecule has 0 bridgehead atoms. The molecule has 6 nitrogen and oxygen atoms in total. The van der Waals surface area contributed by atoms with Gasteiger partial charge in [0, 0.05) is 11.5 Å². The lowest BCUT2D eigenvalue weighted by Gasteiger charge is -1.98. The predicted octanol–water partition coefficient (Wildman–Crippen LogP) is 2.63. The van der Waals surface area contributed by atoms with Crippen LogP contribution in [0.4, 0.5) is 5.95 Å². The van der Waals surface area contributed by atoms with Gasteiger partial charge in [0.1, 0.15) is 0 Å². The van der Waals surface area contributed by atoms with Crippen LogP contribution in [0.2, 0.25) is 0 Å². The number of benzene rings is 2. The lowest BCUT2D eigenvalue weighted by molar-refractivity contribution is 0.954. The Morgan fingerprint density at radius 1 is 0.957 bits per heavy atom. The highest BCUT2D eigenvalue weighted by atomic mass is 32.1. The largest absolute Gasteiger partial charge is 0.347 e. The van der Waals surface area contributed by atoms with Crippen LogP contribution >= 0.6 is 11.5 Å². The Morgan fingerprint density at radius 3 is 2.22 bits per heavy atom. The summed E-state index contributed by atoms with van der Waals surface area (Å²) < 4.78 is 1.40. The van der Waals surface area contributed by atoms with Crippen molar-refractivity contribution in [2.75, 3.05) is 5.43 Å². The number of nitrogens with one attached hydrogen (secondary N) is 1. The summed E-state index contributed by atoms with van der Waals surface area (Å²) in [7, 11) is 0. The van der Waals surface area contributed by atoms with E-state index in [-0.39, 0.29) is 10.8 Å². The van der Waals surface area contributed by atoms with Crippen molar-refractivity contribution in [3.63, 3.8) is 0 Å². The van der Waals surface area contributed by atoms with Crippen molar-refractivity contribution in [1.82, 2.24) is 9.05 Å². The number of aromatic nitrogens is 2. The number of hydrazone groups is 1. The molecule has 1 aromatic heterocycles. The van der Waals surface area contributed by atoms with Gasteiger partial charge in [-0.15, -0.1) is 4.07 Å². The molecule has 3 aromatic rings. The number of nitrogens with zero attached hydrogens (tertiary/aromatic N) is 4. The minimum absolute atomic E-state index is 0.277. The standard InChI is InChI=1S/C16H13N5OS/c22-16-19-15(20-17-11-13-7-3-1-4-8-13)21(23-16)18-12-14-9-5-2-6-10-14/h1-12H,(H,19,20,22)/b17-11+,18-12+. The molecule has 0 aliphatic carbocycles. The summed E-state index contributed by atoms with van der Waals surface area (Å²) >= 11 is 0.896. The van der Waals surface area contributed by atoms with Crippen LogP contribution in [0.1, 0.15) is 11.1 Å². The van der Waals surface area contributed by atoms with Crippen molar-refractivity contribution in [2.24, 2.45) is 10.2 Å². The van der Waals surface area contributed by atoms with Crippen LogP contribution in [0.15, 0.2) is 75.7 Å². The zero-order chi connectivity index (χ0) is 15.9. The zero-order valence-corrected chi connectivity index (χ0v) is 12.9. The number of anilines is 1. The van der Waals surface area contributed by atoms with Crippen molar-refractivity contribution >= 4 is 29.9 Å². The van der Waals surface area contributed by atoms with Gasteiger partial charge in [0.2, 0.25) is 0 Å². The Labute approximate surface area is 136 Å². The average molecular weight is 323 g/mol. The molecule has 1 N–H and O–H groups in total. The van der Waals surface area contributed by atoms with Gasteiger partial charge < -0.3 is 0 Å². The highest BCUT2D eigenvalue weighted by Gasteiger charge is 2.04. The van der Waals surface area contributed by atoms with Crippen LogP contribution in [0.3, 0.4) is 0 Å². The highest BCUT2D eigenvalue weighted by Crippen LogP contribution is 2.06. The summed E-state index contributed by atoms with van der Waals surface area (Å²) in [6.07, 6.45) is 3.30. The van der Waals surface area contributed by atoms with Crippen LogP contribution in [0.25, 0.3) is 0 Å². The van der Waals surface area contributed by atoms with Gasteiger partial charge in [-0.1, -0.05) is 60.7 Å². The summed E-state index contributed by atoms with van der Waals surface area (Å²) in [6.45, 7) is 0. The van der Waals surface area contributed by atoms with Crippen molar-refractivity contribution in [2.45, 2.75) is 0 Å². The molecule has 23 heavy (non-hydrogen) atoms. The molecule has 1 heterocycles. The molecule has 0 atom stereocenters. The fourth-order valence-electron chi connectivity index (χ4n) is 1.77.